The summed E-state index contributed by atoms with van der Waals surface area (Å²) < 4.78 is 5.07. The highest BCUT2D eigenvalue weighted by Crippen LogP contribution is 2.18. The summed E-state index contributed by atoms with van der Waals surface area (Å²) in [6.45, 7) is 0.919. The third kappa shape index (κ3) is 4.79. The van der Waals surface area contributed by atoms with Crippen LogP contribution in [0, 0.1) is 0 Å². The third-order valence-corrected chi connectivity index (χ3v) is 3.74. The smallest absolute Gasteiger partial charge is 0.426 e. The molecule has 1 fully saturated rings. The van der Waals surface area contributed by atoms with E-state index in [9.17, 15) is 9.59 Å². The van der Waals surface area contributed by atoms with Gasteiger partial charge in [-0.3, -0.25) is 0 Å². The summed E-state index contributed by atoms with van der Waals surface area (Å²) in [6.07, 6.45) is 0.904. The molecule has 3 amide bonds. The van der Waals surface area contributed by atoms with Crippen molar-refractivity contribution in [3.8, 4) is 0 Å². The van der Waals surface area contributed by atoms with Gasteiger partial charge in [0.25, 0.3) is 0 Å². The molecule has 0 unspecified atom stereocenters. The molecule has 128 valence electrons. The van der Waals surface area contributed by atoms with E-state index in [1.807, 2.05) is 30.3 Å². The van der Waals surface area contributed by atoms with Gasteiger partial charge in [-0.2, -0.15) is 0 Å². The molecule has 0 bridgehead atoms. The fourth-order valence-corrected chi connectivity index (χ4v) is 2.54. The second-order valence-corrected chi connectivity index (χ2v) is 5.42. The second-order valence-electron chi connectivity index (χ2n) is 5.42. The van der Waals surface area contributed by atoms with E-state index in [2.05, 4.69) is 15.5 Å². The van der Waals surface area contributed by atoms with Gasteiger partial charge in [0.2, 0.25) is 0 Å². The molecule has 1 saturated heterocycles. The molecule has 1 aliphatic rings. The number of hydrazine groups is 1. The van der Waals surface area contributed by atoms with Crippen LogP contribution in [-0.2, 0) is 11.3 Å². The number of carbonyl (C=O) groups excluding carboxylic acids is 2. The van der Waals surface area contributed by atoms with Crippen LogP contribution in [0.25, 0.3) is 10.4 Å². The minimum Gasteiger partial charge on any atom is -0.443 e. The third-order valence-electron chi connectivity index (χ3n) is 3.74. The predicted octanol–water partition coefficient (Wildman–Crippen LogP) is 2.65. The van der Waals surface area contributed by atoms with Crippen LogP contribution in [0.3, 0.4) is 0 Å². The fraction of sp³-hybridized carbons (Fsp3) is 0.467. The zero-order chi connectivity index (χ0) is 17.4. The molecule has 1 heterocycles. The van der Waals surface area contributed by atoms with Crippen LogP contribution in [-0.4, -0.2) is 48.2 Å². The van der Waals surface area contributed by atoms with Crippen molar-refractivity contribution in [1.82, 2.24) is 15.3 Å². The van der Waals surface area contributed by atoms with Crippen LogP contribution in [0.5, 0.6) is 0 Å². The number of urea groups is 1. The summed E-state index contributed by atoms with van der Waals surface area (Å²) in [4.78, 5) is 28.5. The van der Waals surface area contributed by atoms with Gasteiger partial charge in [-0.15, -0.1) is 0 Å². The quantitative estimate of drug-likeness (QED) is 0.396. The number of nitrogens with one attached hydrogen (secondary N) is 1. The first-order valence-electron chi connectivity index (χ1n) is 7.64. The van der Waals surface area contributed by atoms with E-state index in [1.54, 1.807) is 4.90 Å². The average Bonchev–Trinajstić information content (AvgIpc) is 3.06. The number of ether oxygens (including phenoxy) is 1. The van der Waals surface area contributed by atoms with Gasteiger partial charge in [-0.1, -0.05) is 35.4 Å². The maximum Gasteiger partial charge on any atom is 0.426 e. The zero-order valence-corrected chi connectivity index (χ0v) is 13.5. The normalized spacial score (nSPS) is 16.2. The van der Waals surface area contributed by atoms with Crippen LogP contribution >= 0.6 is 0 Å². The van der Waals surface area contributed by atoms with Crippen molar-refractivity contribution in [3.63, 3.8) is 0 Å². The summed E-state index contributed by atoms with van der Waals surface area (Å²) in [6, 6.07) is 8.76. The molecule has 0 radical (unpaired) electrons. The lowest BCUT2D eigenvalue weighted by Gasteiger charge is -2.28. The van der Waals surface area contributed by atoms with Gasteiger partial charge in [0.05, 0.1) is 0 Å². The molecule has 1 aromatic carbocycles. The molecule has 24 heavy (non-hydrogen) atoms. The molecule has 0 aromatic heterocycles. The monoisotopic (exact) mass is 332 g/mol. The van der Waals surface area contributed by atoms with E-state index >= 15 is 0 Å². The highest BCUT2D eigenvalue weighted by Gasteiger charge is 2.30. The molecule has 9 heteroatoms. The van der Waals surface area contributed by atoms with Crippen LogP contribution in [0.4, 0.5) is 9.59 Å². The number of likely N-dealkylation sites (tertiary alicyclic amines) is 1. The van der Waals surface area contributed by atoms with E-state index in [-0.39, 0.29) is 25.2 Å². The number of nitrogens with zero attached hydrogens (tertiary/aromatic N) is 5. The first-order chi connectivity index (χ1) is 11.6. The largest absolute Gasteiger partial charge is 0.443 e. The summed E-state index contributed by atoms with van der Waals surface area (Å²) in [5.74, 6) is 0. The SMILES string of the molecule is CN(NC(=O)OCc1ccccc1)C(=O)N1CCC[C@H]1CN=[N+]=[N-]. The number of azide groups is 1. The molecule has 1 aliphatic heterocycles. The molecule has 1 N–H and O–H groups in total. The van der Waals surface area contributed by atoms with Crippen molar-refractivity contribution >= 4 is 12.1 Å². The summed E-state index contributed by atoms with van der Waals surface area (Å²) in [5, 5.41) is 4.61. The van der Waals surface area contributed by atoms with Gasteiger partial charge >= 0.3 is 12.1 Å². The Morgan fingerprint density at radius 2 is 2.21 bits per heavy atom. The molecule has 2 rings (SSSR count). The lowest BCUT2D eigenvalue weighted by atomic mass is 10.2. The topological polar surface area (TPSA) is 111 Å². The molecular weight excluding hydrogens is 312 g/mol. The van der Waals surface area contributed by atoms with Gasteiger partial charge in [0.1, 0.15) is 6.61 Å². The van der Waals surface area contributed by atoms with E-state index in [1.165, 1.54) is 7.05 Å². The number of benzene rings is 1. The number of hydrogen-bond acceptors (Lipinski definition) is 4. The Balaban J connectivity index is 1.82. The summed E-state index contributed by atoms with van der Waals surface area (Å²) >= 11 is 0. The first-order valence-corrected chi connectivity index (χ1v) is 7.64. The Labute approximate surface area is 139 Å². The Hall–Kier alpha value is -2.93. The number of hydrogen-bond donors (Lipinski definition) is 1. The van der Waals surface area contributed by atoms with Gasteiger partial charge in [-0.25, -0.2) is 20.0 Å². The lowest BCUT2D eigenvalue weighted by Crippen LogP contribution is -2.51. The van der Waals surface area contributed by atoms with Crippen molar-refractivity contribution in [1.29, 1.82) is 0 Å². The minimum atomic E-state index is -0.708. The molecule has 0 saturated carbocycles. The maximum atomic E-state index is 12.4. The molecule has 0 spiro atoms. The molecular formula is C15H20N6O3. The molecule has 0 aliphatic carbocycles. The highest BCUT2D eigenvalue weighted by molar-refractivity contribution is 5.78. The van der Waals surface area contributed by atoms with Gasteiger partial charge in [0.15, 0.2) is 0 Å². The summed E-state index contributed by atoms with van der Waals surface area (Å²) in [5.41, 5.74) is 11.6. The average molecular weight is 332 g/mol. The van der Waals surface area contributed by atoms with Crippen LogP contribution in [0.2, 0.25) is 0 Å². The van der Waals surface area contributed by atoms with Crippen molar-refractivity contribution in [3.05, 3.63) is 46.3 Å². The second kappa shape index (κ2) is 8.64. The maximum absolute atomic E-state index is 12.4. The van der Waals surface area contributed by atoms with Crippen LogP contribution in [0.15, 0.2) is 35.4 Å². The Morgan fingerprint density at radius 1 is 1.46 bits per heavy atom. The molecule has 1 atom stereocenters. The highest BCUT2D eigenvalue weighted by atomic mass is 16.6. The fourth-order valence-electron chi connectivity index (χ4n) is 2.54. The van der Waals surface area contributed by atoms with Gasteiger partial charge in [0, 0.05) is 31.1 Å². The lowest BCUT2D eigenvalue weighted by molar-refractivity contribution is 0.102. The molecule has 1 aromatic rings. The molecule has 9 nitrogen and oxygen atoms in total. The Bertz CT molecular complexity index is 617. The van der Waals surface area contributed by atoms with Crippen molar-refractivity contribution in [2.24, 2.45) is 5.11 Å². The minimum absolute atomic E-state index is 0.123. The summed E-state index contributed by atoms with van der Waals surface area (Å²) in [7, 11) is 1.45. The first kappa shape index (κ1) is 17.4. The Morgan fingerprint density at radius 3 is 2.92 bits per heavy atom. The predicted molar refractivity (Wildman–Crippen MR) is 86.7 cm³/mol. The van der Waals surface area contributed by atoms with Crippen molar-refractivity contribution < 1.29 is 14.3 Å². The van der Waals surface area contributed by atoms with Crippen molar-refractivity contribution in [2.45, 2.75) is 25.5 Å². The van der Waals surface area contributed by atoms with E-state index in [0.29, 0.717) is 6.54 Å². The Kier molecular flexibility index (Phi) is 6.27. The zero-order valence-electron chi connectivity index (χ0n) is 13.5. The van der Waals surface area contributed by atoms with Crippen LogP contribution < -0.4 is 5.43 Å². The van der Waals surface area contributed by atoms with E-state index in [4.69, 9.17) is 10.3 Å². The number of rotatable bonds is 4. The van der Waals surface area contributed by atoms with Crippen LogP contribution in [0.1, 0.15) is 18.4 Å². The van der Waals surface area contributed by atoms with E-state index < -0.39 is 6.09 Å². The van der Waals surface area contributed by atoms with E-state index in [0.717, 1.165) is 23.4 Å². The van der Waals surface area contributed by atoms with Gasteiger partial charge < -0.3 is 9.64 Å². The van der Waals surface area contributed by atoms with Gasteiger partial charge in [-0.05, 0) is 23.9 Å². The van der Waals surface area contributed by atoms with Crippen molar-refractivity contribution in [2.75, 3.05) is 20.1 Å². The number of carbonyl (C=O) groups is 2. The number of amides is 3. The standard InChI is InChI=1S/C15H20N6O3/c1-20(15(23)21-9-5-8-13(21)10-17-19-16)18-14(22)24-11-12-6-3-2-4-7-12/h2-4,6-7,13H,5,8-11H2,1H3,(H,18,22)/t13-/m0/s1.